The fourth-order valence-corrected chi connectivity index (χ4v) is 1.48. The number of halogens is 1. The molecule has 0 saturated heterocycles. The van der Waals surface area contributed by atoms with E-state index >= 15 is 0 Å². The molecule has 2 rings (SSSR count). The summed E-state index contributed by atoms with van der Waals surface area (Å²) in [5.41, 5.74) is 7.37. The fourth-order valence-electron chi connectivity index (χ4n) is 1.48. The second kappa shape index (κ2) is 4.23. The van der Waals surface area contributed by atoms with E-state index in [9.17, 15) is 4.39 Å². The van der Waals surface area contributed by atoms with Gasteiger partial charge in [-0.3, -0.25) is 4.68 Å². The van der Waals surface area contributed by atoms with Gasteiger partial charge in [-0.15, -0.1) is 0 Å². The molecule has 4 heteroatoms. The van der Waals surface area contributed by atoms with E-state index in [1.54, 1.807) is 16.9 Å². The van der Waals surface area contributed by atoms with Gasteiger partial charge in [-0.25, -0.2) is 4.39 Å². The van der Waals surface area contributed by atoms with Crippen LogP contribution in [0.15, 0.2) is 36.5 Å². The molecule has 2 aromatic rings. The molecule has 0 amide bonds. The molecule has 3 nitrogen and oxygen atoms in total. The van der Waals surface area contributed by atoms with E-state index in [0.29, 0.717) is 13.1 Å². The molecular formula is C11H12FN3. The van der Waals surface area contributed by atoms with Crippen LogP contribution in [0.2, 0.25) is 0 Å². The van der Waals surface area contributed by atoms with Gasteiger partial charge in [0.15, 0.2) is 0 Å². The van der Waals surface area contributed by atoms with Crippen molar-refractivity contribution in [3.63, 3.8) is 0 Å². The minimum absolute atomic E-state index is 0.228. The summed E-state index contributed by atoms with van der Waals surface area (Å²) in [6.45, 7) is 0.993. The van der Waals surface area contributed by atoms with Crippen molar-refractivity contribution in [3.8, 4) is 0 Å². The van der Waals surface area contributed by atoms with Gasteiger partial charge in [0.05, 0.1) is 12.2 Å². The minimum Gasteiger partial charge on any atom is -0.325 e. The van der Waals surface area contributed by atoms with Gasteiger partial charge in [-0.2, -0.15) is 5.10 Å². The van der Waals surface area contributed by atoms with Crippen molar-refractivity contribution in [2.45, 2.75) is 13.1 Å². The zero-order valence-corrected chi connectivity index (χ0v) is 8.23. The molecule has 0 radical (unpaired) electrons. The van der Waals surface area contributed by atoms with Crippen LogP contribution < -0.4 is 5.73 Å². The maximum absolute atomic E-state index is 12.9. The molecule has 0 atom stereocenters. The van der Waals surface area contributed by atoms with Gasteiger partial charge in [0.2, 0.25) is 0 Å². The van der Waals surface area contributed by atoms with Crippen LogP contribution >= 0.6 is 0 Å². The Hall–Kier alpha value is -1.68. The van der Waals surface area contributed by atoms with E-state index in [2.05, 4.69) is 5.10 Å². The molecule has 2 N–H and O–H groups in total. The topological polar surface area (TPSA) is 43.8 Å². The van der Waals surface area contributed by atoms with Crippen molar-refractivity contribution in [3.05, 3.63) is 53.6 Å². The molecule has 0 bridgehead atoms. The average Bonchev–Trinajstić information content (AvgIpc) is 2.65. The Kier molecular flexibility index (Phi) is 2.78. The lowest BCUT2D eigenvalue weighted by Gasteiger charge is -2.05. The van der Waals surface area contributed by atoms with Crippen LogP contribution in [-0.4, -0.2) is 9.78 Å². The first-order chi connectivity index (χ1) is 7.29. The number of rotatable bonds is 3. The standard InChI is InChI=1S/C11H12FN3/c12-10-3-1-2-9(6-10)8-15-11(7-13)4-5-14-15/h1-6H,7-8,13H2. The molecule has 0 unspecified atom stereocenters. The number of nitrogens with two attached hydrogens (primary N) is 1. The summed E-state index contributed by atoms with van der Waals surface area (Å²) in [6.07, 6.45) is 1.70. The molecule has 78 valence electrons. The molecule has 1 aromatic carbocycles. The van der Waals surface area contributed by atoms with Crippen LogP contribution in [0.25, 0.3) is 0 Å². The number of nitrogens with zero attached hydrogens (tertiary/aromatic N) is 2. The van der Waals surface area contributed by atoms with E-state index in [1.165, 1.54) is 12.1 Å². The summed E-state index contributed by atoms with van der Waals surface area (Å²) in [5.74, 6) is -0.228. The zero-order valence-electron chi connectivity index (χ0n) is 8.23. The molecule has 1 aromatic heterocycles. The van der Waals surface area contributed by atoms with Gasteiger partial charge in [0, 0.05) is 12.7 Å². The third-order valence-corrected chi connectivity index (χ3v) is 2.24. The van der Waals surface area contributed by atoms with Crippen molar-refractivity contribution in [1.29, 1.82) is 0 Å². The van der Waals surface area contributed by atoms with Crippen LogP contribution in [-0.2, 0) is 13.1 Å². The van der Waals surface area contributed by atoms with Gasteiger partial charge in [-0.05, 0) is 23.8 Å². The molecule has 0 fully saturated rings. The summed E-state index contributed by atoms with van der Waals surface area (Å²) in [5, 5.41) is 4.13. The first-order valence-electron chi connectivity index (χ1n) is 4.75. The lowest BCUT2D eigenvalue weighted by atomic mass is 10.2. The Bertz CT molecular complexity index is 451. The maximum atomic E-state index is 12.9. The molecule has 15 heavy (non-hydrogen) atoms. The highest BCUT2D eigenvalue weighted by molar-refractivity contribution is 5.17. The quantitative estimate of drug-likeness (QED) is 0.825. The van der Waals surface area contributed by atoms with Crippen LogP contribution in [0.1, 0.15) is 11.3 Å². The van der Waals surface area contributed by atoms with Crippen LogP contribution in [0.3, 0.4) is 0 Å². The van der Waals surface area contributed by atoms with E-state index in [-0.39, 0.29) is 5.82 Å². The molecular weight excluding hydrogens is 193 g/mol. The highest BCUT2D eigenvalue weighted by Crippen LogP contribution is 2.07. The van der Waals surface area contributed by atoms with E-state index in [1.807, 2.05) is 12.1 Å². The lowest BCUT2D eigenvalue weighted by molar-refractivity contribution is 0.613. The second-order valence-electron chi connectivity index (χ2n) is 3.31. The number of benzene rings is 1. The molecule has 0 spiro atoms. The van der Waals surface area contributed by atoms with Crippen LogP contribution in [0, 0.1) is 5.82 Å². The number of hydrogen-bond donors (Lipinski definition) is 1. The highest BCUT2D eigenvalue weighted by atomic mass is 19.1. The normalized spacial score (nSPS) is 10.5. The Morgan fingerprint density at radius 3 is 2.93 bits per heavy atom. The van der Waals surface area contributed by atoms with E-state index < -0.39 is 0 Å². The monoisotopic (exact) mass is 205 g/mol. The Balaban J connectivity index is 2.22. The Morgan fingerprint density at radius 1 is 1.33 bits per heavy atom. The van der Waals surface area contributed by atoms with Crippen molar-refractivity contribution >= 4 is 0 Å². The fraction of sp³-hybridized carbons (Fsp3) is 0.182. The smallest absolute Gasteiger partial charge is 0.123 e. The summed E-state index contributed by atoms with van der Waals surface area (Å²) in [4.78, 5) is 0. The predicted molar refractivity (Wildman–Crippen MR) is 55.6 cm³/mol. The summed E-state index contributed by atoms with van der Waals surface area (Å²) in [6, 6.07) is 8.35. The molecule has 1 heterocycles. The van der Waals surface area contributed by atoms with Crippen molar-refractivity contribution in [1.82, 2.24) is 9.78 Å². The van der Waals surface area contributed by atoms with Gasteiger partial charge >= 0.3 is 0 Å². The Morgan fingerprint density at radius 2 is 2.20 bits per heavy atom. The summed E-state index contributed by atoms with van der Waals surface area (Å²) in [7, 11) is 0. The minimum atomic E-state index is -0.228. The highest BCUT2D eigenvalue weighted by Gasteiger charge is 2.01. The first kappa shape index (κ1) is 9.86. The van der Waals surface area contributed by atoms with Gasteiger partial charge in [-0.1, -0.05) is 12.1 Å². The first-order valence-corrected chi connectivity index (χ1v) is 4.75. The molecule has 0 aliphatic carbocycles. The van der Waals surface area contributed by atoms with Crippen LogP contribution in [0.4, 0.5) is 4.39 Å². The Labute approximate surface area is 87.3 Å². The molecule has 0 saturated carbocycles. The number of aromatic nitrogens is 2. The SMILES string of the molecule is NCc1ccnn1Cc1cccc(F)c1. The maximum Gasteiger partial charge on any atom is 0.123 e. The second-order valence-corrected chi connectivity index (χ2v) is 3.31. The molecule has 0 aliphatic rings. The number of hydrogen-bond acceptors (Lipinski definition) is 2. The van der Waals surface area contributed by atoms with Crippen molar-refractivity contribution in [2.75, 3.05) is 0 Å². The summed E-state index contributed by atoms with van der Waals surface area (Å²) < 4.78 is 14.7. The third kappa shape index (κ3) is 2.22. The molecule has 0 aliphatic heterocycles. The van der Waals surface area contributed by atoms with Gasteiger partial charge < -0.3 is 5.73 Å². The van der Waals surface area contributed by atoms with Crippen LogP contribution in [0.5, 0.6) is 0 Å². The average molecular weight is 205 g/mol. The van der Waals surface area contributed by atoms with E-state index in [0.717, 1.165) is 11.3 Å². The van der Waals surface area contributed by atoms with Crippen molar-refractivity contribution < 1.29 is 4.39 Å². The van der Waals surface area contributed by atoms with Gasteiger partial charge in [0.1, 0.15) is 5.82 Å². The predicted octanol–water partition coefficient (Wildman–Crippen LogP) is 1.53. The lowest BCUT2D eigenvalue weighted by Crippen LogP contribution is -2.09. The van der Waals surface area contributed by atoms with Gasteiger partial charge in [0.25, 0.3) is 0 Å². The third-order valence-electron chi connectivity index (χ3n) is 2.24. The van der Waals surface area contributed by atoms with E-state index in [4.69, 9.17) is 5.73 Å². The zero-order chi connectivity index (χ0) is 10.7. The summed E-state index contributed by atoms with van der Waals surface area (Å²) >= 11 is 0. The largest absolute Gasteiger partial charge is 0.325 e. The van der Waals surface area contributed by atoms with Crippen molar-refractivity contribution in [2.24, 2.45) is 5.73 Å².